The standard InChI is InChI=1S/C14H19ClN2O/c1-2-13(16)14(18)17(12-7-8-12)9-10-3-5-11(15)6-4-10/h3-6,12-13H,2,7-9,16H2,1H3. The van der Waals surface area contributed by atoms with Crippen molar-refractivity contribution >= 4 is 17.5 Å². The zero-order valence-electron chi connectivity index (χ0n) is 10.6. The molecule has 1 aliphatic rings. The third-order valence-electron chi connectivity index (χ3n) is 3.29. The van der Waals surface area contributed by atoms with Gasteiger partial charge in [-0.2, -0.15) is 0 Å². The van der Waals surface area contributed by atoms with Crippen molar-refractivity contribution in [1.29, 1.82) is 0 Å². The normalized spacial score (nSPS) is 16.4. The lowest BCUT2D eigenvalue weighted by atomic mass is 10.1. The number of hydrogen-bond donors (Lipinski definition) is 1. The van der Waals surface area contributed by atoms with Crippen molar-refractivity contribution in [3.63, 3.8) is 0 Å². The second-order valence-corrected chi connectivity index (χ2v) is 5.27. The molecule has 18 heavy (non-hydrogen) atoms. The van der Waals surface area contributed by atoms with Crippen LogP contribution in [0.25, 0.3) is 0 Å². The minimum atomic E-state index is -0.377. The maximum absolute atomic E-state index is 12.2. The average Bonchev–Trinajstić information content (AvgIpc) is 3.20. The van der Waals surface area contributed by atoms with E-state index in [-0.39, 0.29) is 11.9 Å². The van der Waals surface area contributed by atoms with E-state index in [9.17, 15) is 4.79 Å². The predicted molar refractivity (Wildman–Crippen MR) is 73.3 cm³/mol. The highest BCUT2D eigenvalue weighted by Gasteiger charge is 2.34. The van der Waals surface area contributed by atoms with E-state index in [2.05, 4.69) is 0 Å². The van der Waals surface area contributed by atoms with Gasteiger partial charge < -0.3 is 10.6 Å². The van der Waals surface area contributed by atoms with Crippen LogP contribution in [0.1, 0.15) is 31.7 Å². The molecule has 0 radical (unpaired) electrons. The maximum Gasteiger partial charge on any atom is 0.240 e. The first kappa shape index (κ1) is 13.4. The summed E-state index contributed by atoms with van der Waals surface area (Å²) in [4.78, 5) is 14.1. The molecule has 1 unspecified atom stereocenters. The minimum Gasteiger partial charge on any atom is -0.334 e. The molecule has 0 saturated heterocycles. The molecular formula is C14H19ClN2O. The Labute approximate surface area is 113 Å². The van der Waals surface area contributed by atoms with Gasteiger partial charge >= 0.3 is 0 Å². The average molecular weight is 267 g/mol. The Balaban J connectivity index is 2.06. The molecule has 0 bridgehead atoms. The van der Waals surface area contributed by atoms with Gasteiger partial charge in [0.2, 0.25) is 5.91 Å². The third kappa shape index (κ3) is 3.24. The van der Waals surface area contributed by atoms with Crippen molar-refractivity contribution in [3.8, 4) is 0 Å². The monoisotopic (exact) mass is 266 g/mol. The minimum absolute atomic E-state index is 0.0648. The molecule has 2 N–H and O–H groups in total. The van der Waals surface area contributed by atoms with Crippen molar-refractivity contribution < 1.29 is 4.79 Å². The number of hydrogen-bond acceptors (Lipinski definition) is 2. The summed E-state index contributed by atoms with van der Waals surface area (Å²) in [5, 5.41) is 0.716. The lowest BCUT2D eigenvalue weighted by Gasteiger charge is -2.25. The molecule has 0 heterocycles. The van der Waals surface area contributed by atoms with Gasteiger partial charge in [0.15, 0.2) is 0 Å². The Morgan fingerprint density at radius 3 is 2.56 bits per heavy atom. The van der Waals surface area contributed by atoms with Gasteiger partial charge in [-0.15, -0.1) is 0 Å². The van der Waals surface area contributed by atoms with E-state index in [0.717, 1.165) is 18.4 Å². The highest BCUT2D eigenvalue weighted by molar-refractivity contribution is 6.30. The topological polar surface area (TPSA) is 46.3 Å². The van der Waals surface area contributed by atoms with Crippen LogP contribution in [0, 0.1) is 0 Å². The molecule has 1 aromatic rings. The molecule has 0 aliphatic heterocycles. The van der Waals surface area contributed by atoms with Gasteiger partial charge in [0.1, 0.15) is 0 Å². The highest BCUT2D eigenvalue weighted by Crippen LogP contribution is 2.29. The van der Waals surface area contributed by atoms with E-state index in [1.165, 1.54) is 0 Å². The van der Waals surface area contributed by atoms with Crippen LogP contribution in [0.4, 0.5) is 0 Å². The largest absolute Gasteiger partial charge is 0.334 e. The molecule has 1 atom stereocenters. The summed E-state index contributed by atoms with van der Waals surface area (Å²) < 4.78 is 0. The fourth-order valence-electron chi connectivity index (χ4n) is 1.95. The van der Waals surface area contributed by atoms with E-state index < -0.39 is 0 Å². The number of amides is 1. The Morgan fingerprint density at radius 1 is 1.44 bits per heavy atom. The molecule has 1 aromatic carbocycles. The Hall–Kier alpha value is -1.06. The second-order valence-electron chi connectivity index (χ2n) is 4.84. The van der Waals surface area contributed by atoms with Gasteiger partial charge in [0, 0.05) is 17.6 Å². The molecule has 0 aromatic heterocycles. The fourth-order valence-corrected chi connectivity index (χ4v) is 2.07. The van der Waals surface area contributed by atoms with E-state index in [4.69, 9.17) is 17.3 Å². The Bertz CT molecular complexity index is 414. The molecule has 2 rings (SSSR count). The lowest BCUT2D eigenvalue weighted by Crippen LogP contribution is -2.44. The summed E-state index contributed by atoms with van der Waals surface area (Å²) in [6.45, 7) is 2.57. The second kappa shape index (κ2) is 5.72. The number of carbonyl (C=O) groups is 1. The number of carbonyl (C=O) groups excluding carboxylic acids is 1. The van der Waals surface area contributed by atoms with Gasteiger partial charge in [0.25, 0.3) is 0 Å². The molecule has 4 heteroatoms. The molecule has 1 fully saturated rings. The van der Waals surface area contributed by atoms with E-state index in [0.29, 0.717) is 24.0 Å². The molecule has 3 nitrogen and oxygen atoms in total. The lowest BCUT2D eigenvalue weighted by molar-refractivity contribution is -0.133. The highest BCUT2D eigenvalue weighted by atomic mass is 35.5. The first-order valence-corrected chi connectivity index (χ1v) is 6.80. The summed E-state index contributed by atoms with van der Waals surface area (Å²) in [5.41, 5.74) is 6.95. The maximum atomic E-state index is 12.2. The zero-order chi connectivity index (χ0) is 13.1. The first-order valence-electron chi connectivity index (χ1n) is 6.42. The fraction of sp³-hybridized carbons (Fsp3) is 0.500. The van der Waals surface area contributed by atoms with Crippen LogP contribution in [-0.4, -0.2) is 22.9 Å². The molecular weight excluding hydrogens is 248 g/mol. The number of rotatable bonds is 5. The van der Waals surface area contributed by atoms with Gasteiger partial charge in [-0.1, -0.05) is 30.7 Å². The Kier molecular flexibility index (Phi) is 4.25. The molecule has 1 aliphatic carbocycles. The summed E-state index contributed by atoms with van der Waals surface area (Å²) in [6, 6.07) is 7.63. The van der Waals surface area contributed by atoms with E-state index in [1.54, 1.807) is 0 Å². The number of nitrogens with two attached hydrogens (primary N) is 1. The van der Waals surface area contributed by atoms with Crippen LogP contribution in [0.15, 0.2) is 24.3 Å². The van der Waals surface area contributed by atoms with Crippen molar-refractivity contribution in [3.05, 3.63) is 34.9 Å². The van der Waals surface area contributed by atoms with Crippen LogP contribution in [0.5, 0.6) is 0 Å². The van der Waals surface area contributed by atoms with Crippen molar-refractivity contribution in [2.24, 2.45) is 5.73 Å². The van der Waals surface area contributed by atoms with Crippen LogP contribution >= 0.6 is 11.6 Å². The van der Waals surface area contributed by atoms with Crippen molar-refractivity contribution in [2.45, 2.75) is 44.8 Å². The quantitative estimate of drug-likeness (QED) is 0.890. The van der Waals surface area contributed by atoms with Crippen LogP contribution in [0.3, 0.4) is 0 Å². The van der Waals surface area contributed by atoms with Crippen LogP contribution in [0.2, 0.25) is 5.02 Å². The van der Waals surface area contributed by atoms with E-state index in [1.807, 2.05) is 36.1 Å². The van der Waals surface area contributed by atoms with Crippen LogP contribution in [-0.2, 0) is 11.3 Å². The van der Waals surface area contributed by atoms with Gasteiger partial charge in [-0.3, -0.25) is 4.79 Å². The number of benzene rings is 1. The molecule has 98 valence electrons. The summed E-state index contributed by atoms with van der Waals surface area (Å²) in [7, 11) is 0. The van der Waals surface area contributed by atoms with Gasteiger partial charge in [0.05, 0.1) is 6.04 Å². The molecule has 1 saturated carbocycles. The van der Waals surface area contributed by atoms with Gasteiger partial charge in [-0.25, -0.2) is 0 Å². The van der Waals surface area contributed by atoms with Gasteiger partial charge in [-0.05, 0) is 37.0 Å². The molecule has 1 amide bonds. The SMILES string of the molecule is CCC(N)C(=O)N(Cc1ccc(Cl)cc1)C1CC1. The third-order valence-corrected chi connectivity index (χ3v) is 3.55. The zero-order valence-corrected chi connectivity index (χ0v) is 11.4. The summed E-state index contributed by atoms with van der Waals surface area (Å²) >= 11 is 5.86. The van der Waals surface area contributed by atoms with Crippen LogP contribution < -0.4 is 5.73 Å². The number of halogens is 1. The predicted octanol–water partition coefficient (Wildman–Crippen LogP) is 2.57. The molecule has 0 spiro atoms. The van der Waals surface area contributed by atoms with Crippen molar-refractivity contribution in [1.82, 2.24) is 4.90 Å². The first-order chi connectivity index (χ1) is 8.61. The smallest absolute Gasteiger partial charge is 0.240 e. The van der Waals surface area contributed by atoms with E-state index >= 15 is 0 Å². The van der Waals surface area contributed by atoms with Crippen molar-refractivity contribution in [2.75, 3.05) is 0 Å². The summed E-state index contributed by atoms with van der Waals surface area (Å²) in [5.74, 6) is 0.0648. The number of nitrogens with zero attached hydrogens (tertiary/aromatic N) is 1. The summed E-state index contributed by atoms with van der Waals surface area (Å²) in [6.07, 6.45) is 2.87. The Morgan fingerprint density at radius 2 is 2.06 bits per heavy atom.